The van der Waals surface area contributed by atoms with E-state index in [2.05, 4.69) is 20.2 Å². The van der Waals surface area contributed by atoms with Gasteiger partial charge in [-0.3, -0.25) is 0 Å². The molecule has 28 heavy (non-hydrogen) atoms. The Balaban J connectivity index is 1.70. The number of nitrogens with one attached hydrogen (secondary N) is 1. The minimum Gasteiger partial charge on any atom is -0.444 e. The van der Waals surface area contributed by atoms with Crippen LogP contribution in [0.5, 0.6) is 0 Å². The molecule has 1 unspecified atom stereocenters. The fourth-order valence-electron chi connectivity index (χ4n) is 3.48. The van der Waals surface area contributed by atoms with E-state index in [1.165, 1.54) is 0 Å². The van der Waals surface area contributed by atoms with Crippen molar-refractivity contribution in [3.8, 4) is 0 Å². The Morgan fingerprint density at radius 3 is 2.64 bits per heavy atom. The summed E-state index contributed by atoms with van der Waals surface area (Å²) < 4.78 is 10.9. The van der Waals surface area contributed by atoms with Crippen LogP contribution in [0.25, 0.3) is 0 Å². The Bertz CT molecular complexity index is 704. The van der Waals surface area contributed by atoms with Gasteiger partial charge in [0.05, 0.1) is 13.2 Å². The fourth-order valence-corrected chi connectivity index (χ4v) is 3.65. The summed E-state index contributed by atoms with van der Waals surface area (Å²) in [6.45, 7) is 11.8. The van der Waals surface area contributed by atoms with Crippen molar-refractivity contribution >= 4 is 29.3 Å². The van der Waals surface area contributed by atoms with Crippen molar-refractivity contribution in [2.24, 2.45) is 0 Å². The number of hydrogen-bond donors (Lipinski definition) is 1. The van der Waals surface area contributed by atoms with E-state index in [9.17, 15) is 4.79 Å². The molecule has 9 heteroatoms. The molecule has 0 radical (unpaired) electrons. The van der Waals surface area contributed by atoms with Crippen LogP contribution in [0.4, 0.5) is 16.4 Å². The van der Waals surface area contributed by atoms with Gasteiger partial charge in [0, 0.05) is 37.8 Å². The number of carbonyl (C=O) groups excluding carboxylic acids is 1. The van der Waals surface area contributed by atoms with Gasteiger partial charge in [-0.25, -0.2) is 14.8 Å². The Hall–Kier alpha value is -1.80. The number of aromatic nitrogens is 2. The molecule has 1 aromatic rings. The molecule has 2 aliphatic heterocycles. The highest BCUT2D eigenvalue weighted by atomic mass is 35.5. The Morgan fingerprint density at radius 2 is 1.96 bits per heavy atom. The van der Waals surface area contributed by atoms with Crippen molar-refractivity contribution in [2.75, 3.05) is 49.6 Å². The first-order chi connectivity index (χ1) is 13.2. The summed E-state index contributed by atoms with van der Waals surface area (Å²) in [5, 5.41) is 3.69. The number of nitrogens with zero attached hydrogens (tertiary/aromatic N) is 4. The standard InChI is InChI=1S/C19H30ClN5O3/c1-13-15(22-17(20)23-16(13)24-8-10-27-11-9-24)21-14-6-5-7-25(12-14)18(26)28-19(2,3)4/h14H,5-12H2,1-4H3,(H,21,22,23). The Morgan fingerprint density at radius 1 is 1.25 bits per heavy atom. The van der Waals surface area contributed by atoms with Crippen LogP contribution in [0.2, 0.25) is 5.28 Å². The predicted octanol–water partition coefficient (Wildman–Crippen LogP) is 3.09. The number of amides is 1. The smallest absolute Gasteiger partial charge is 0.410 e. The van der Waals surface area contributed by atoms with Gasteiger partial charge in [0.25, 0.3) is 0 Å². The molecule has 3 rings (SSSR count). The van der Waals surface area contributed by atoms with Gasteiger partial charge < -0.3 is 24.6 Å². The molecule has 1 aromatic heterocycles. The zero-order valence-corrected chi connectivity index (χ0v) is 17.9. The number of halogens is 1. The van der Waals surface area contributed by atoms with E-state index < -0.39 is 5.60 Å². The van der Waals surface area contributed by atoms with Gasteiger partial charge in [-0.05, 0) is 52.1 Å². The Labute approximate surface area is 171 Å². The van der Waals surface area contributed by atoms with Gasteiger partial charge in [-0.2, -0.15) is 0 Å². The second-order valence-corrected chi connectivity index (χ2v) is 8.64. The highest BCUT2D eigenvalue weighted by Crippen LogP contribution is 2.27. The van der Waals surface area contributed by atoms with E-state index in [0.29, 0.717) is 26.3 Å². The van der Waals surface area contributed by atoms with Crippen molar-refractivity contribution in [1.82, 2.24) is 14.9 Å². The van der Waals surface area contributed by atoms with Crippen LogP contribution < -0.4 is 10.2 Å². The second-order valence-electron chi connectivity index (χ2n) is 8.30. The highest BCUT2D eigenvalue weighted by molar-refractivity contribution is 6.28. The SMILES string of the molecule is Cc1c(NC2CCCN(C(=O)OC(C)(C)C)C2)nc(Cl)nc1N1CCOCC1. The minimum absolute atomic E-state index is 0.0866. The van der Waals surface area contributed by atoms with Crippen LogP contribution in [-0.2, 0) is 9.47 Å². The van der Waals surface area contributed by atoms with Gasteiger partial charge in [0.1, 0.15) is 17.2 Å². The van der Waals surface area contributed by atoms with E-state index in [-0.39, 0.29) is 17.4 Å². The van der Waals surface area contributed by atoms with Gasteiger partial charge in [-0.15, -0.1) is 0 Å². The van der Waals surface area contributed by atoms with Crippen molar-refractivity contribution in [3.63, 3.8) is 0 Å². The number of rotatable bonds is 3. The predicted molar refractivity (Wildman–Crippen MR) is 109 cm³/mol. The largest absolute Gasteiger partial charge is 0.444 e. The average molecular weight is 412 g/mol. The summed E-state index contributed by atoms with van der Waals surface area (Å²) >= 11 is 6.21. The molecule has 2 aliphatic rings. The topological polar surface area (TPSA) is 79.8 Å². The van der Waals surface area contributed by atoms with Crippen LogP contribution in [0.15, 0.2) is 0 Å². The lowest BCUT2D eigenvalue weighted by atomic mass is 10.1. The molecule has 0 bridgehead atoms. The third kappa shape index (κ3) is 5.38. The molecule has 3 heterocycles. The molecule has 1 amide bonds. The van der Waals surface area contributed by atoms with Gasteiger partial charge in [0.15, 0.2) is 0 Å². The summed E-state index contributed by atoms with van der Waals surface area (Å²) in [5.74, 6) is 1.56. The zero-order chi connectivity index (χ0) is 20.3. The maximum Gasteiger partial charge on any atom is 0.410 e. The number of morpholine rings is 1. The fraction of sp³-hybridized carbons (Fsp3) is 0.737. The van der Waals surface area contributed by atoms with Crippen LogP contribution in [0.3, 0.4) is 0 Å². The van der Waals surface area contributed by atoms with Crippen molar-refractivity contribution < 1.29 is 14.3 Å². The lowest BCUT2D eigenvalue weighted by Crippen LogP contribution is -2.47. The lowest BCUT2D eigenvalue weighted by Gasteiger charge is -2.35. The van der Waals surface area contributed by atoms with Crippen LogP contribution in [-0.4, -0.2) is 72.0 Å². The maximum atomic E-state index is 12.4. The zero-order valence-electron chi connectivity index (χ0n) is 17.1. The van der Waals surface area contributed by atoms with Crippen LogP contribution >= 0.6 is 11.6 Å². The van der Waals surface area contributed by atoms with E-state index in [4.69, 9.17) is 21.1 Å². The maximum absolute atomic E-state index is 12.4. The number of carbonyl (C=O) groups is 1. The molecule has 0 aliphatic carbocycles. The van der Waals surface area contributed by atoms with Crippen molar-refractivity contribution in [2.45, 2.75) is 52.2 Å². The first-order valence-corrected chi connectivity index (χ1v) is 10.2. The second kappa shape index (κ2) is 8.69. The summed E-state index contributed by atoms with van der Waals surface area (Å²) in [7, 11) is 0. The summed E-state index contributed by atoms with van der Waals surface area (Å²) in [4.78, 5) is 25.2. The normalized spacial score (nSPS) is 20.8. The molecule has 1 N–H and O–H groups in total. The number of likely N-dealkylation sites (tertiary alicyclic amines) is 1. The molecule has 0 aromatic carbocycles. The molecule has 156 valence electrons. The number of anilines is 2. The highest BCUT2D eigenvalue weighted by Gasteiger charge is 2.28. The van der Waals surface area contributed by atoms with E-state index in [0.717, 1.165) is 43.1 Å². The van der Waals surface area contributed by atoms with Crippen LogP contribution in [0.1, 0.15) is 39.2 Å². The first kappa shape index (κ1) is 20.9. The molecule has 2 saturated heterocycles. The third-order valence-electron chi connectivity index (χ3n) is 4.82. The lowest BCUT2D eigenvalue weighted by molar-refractivity contribution is 0.0206. The molecule has 8 nitrogen and oxygen atoms in total. The molecular formula is C19H30ClN5O3. The van der Waals surface area contributed by atoms with E-state index in [1.807, 2.05) is 27.7 Å². The molecule has 1 atom stereocenters. The summed E-state index contributed by atoms with van der Waals surface area (Å²) in [5.41, 5.74) is 0.460. The average Bonchev–Trinajstić information content (AvgIpc) is 2.64. The Kier molecular flexibility index (Phi) is 6.50. The van der Waals surface area contributed by atoms with Crippen molar-refractivity contribution in [1.29, 1.82) is 0 Å². The van der Waals surface area contributed by atoms with E-state index in [1.54, 1.807) is 4.90 Å². The first-order valence-electron chi connectivity index (χ1n) is 9.84. The molecule has 0 spiro atoms. The monoisotopic (exact) mass is 411 g/mol. The van der Waals surface area contributed by atoms with Gasteiger partial charge in [0.2, 0.25) is 5.28 Å². The van der Waals surface area contributed by atoms with E-state index >= 15 is 0 Å². The number of hydrogen-bond acceptors (Lipinski definition) is 7. The molecule has 0 saturated carbocycles. The quantitative estimate of drug-likeness (QED) is 0.765. The summed E-state index contributed by atoms with van der Waals surface area (Å²) in [6.07, 6.45) is 1.59. The minimum atomic E-state index is -0.499. The number of ether oxygens (including phenoxy) is 2. The summed E-state index contributed by atoms with van der Waals surface area (Å²) in [6, 6.07) is 0.0866. The third-order valence-corrected chi connectivity index (χ3v) is 4.99. The van der Waals surface area contributed by atoms with Gasteiger partial charge >= 0.3 is 6.09 Å². The van der Waals surface area contributed by atoms with Crippen LogP contribution in [0, 0.1) is 6.92 Å². The van der Waals surface area contributed by atoms with Gasteiger partial charge in [-0.1, -0.05) is 0 Å². The number of piperidine rings is 1. The molecule has 2 fully saturated rings. The van der Waals surface area contributed by atoms with Crippen molar-refractivity contribution in [3.05, 3.63) is 10.8 Å². The molecular weight excluding hydrogens is 382 g/mol.